The molecule has 4 aliphatic carbocycles. The van der Waals surface area contributed by atoms with Crippen LogP contribution in [0.25, 0.3) is 0 Å². The summed E-state index contributed by atoms with van der Waals surface area (Å²) in [5, 5.41) is 22.2. The van der Waals surface area contributed by atoms with Crippen LogP contribution < -0.4 is 0 Å². The molecule has 9 atom stereocenters. The predicted octanol–water partition coefficient (Wildman–Crippen LogP) is 2.71. The number of aliphatic hydroxyl groups excluding tert-OH is 1. The van der Waals surface area contributed by atoms with E-state index in [2.05, 4.69) is 6.92 Å². The van der Waals surface area contributed by atoms with E-state index < -0.39 is 23.4 Å². The normalized spacial score (nSPS) is 56.7. The van der Waals surface area contributed by atoms with Crippen LogP contribution in [0.2, 0.25) is 0 Å². The maximum Gasteiger partial charge on any atom is 0.331 e. The van der Waals surface area contributed by atoms with Gasteiger partial charge in [0.1, 0.15) is 6.61 Å². The molecule has 4 saturated carbocycles. The minimum atomic E-state index is -0.921. The van der Waals surface area contributed by atoms with Crippen LogP contribution in [0.5, 0.6) is 0 Å². The van der Waals surface area contributed by atoms with Gasteiger partial charge in [0, 0.05) is 25.5 Å². The van der Waals surface area contributed by atoms with E-state index in [1.165, 1.54) is 0 Å². The van der Waals surface area contributed by atoms with Gasteiger partial charge in [-0.3, -0.25) is 0 Å². The molecule has 2 aliphatic heterocycles. The molecule has 5 fully saturated rings. The van der Waals surface area contributed by atoms with Crippen LogP contribution in [0.3, 0.4) is 0 Å². The molecule has 30 heavy (non-hydrogen) atoms. The SMILES string of the molecule is CO[C@H]1O[C@]23CC[C@@]4(O)C[C@@H](O)CC[C@]14[C@@H]2CC[C@@]1(C)[C@H](C2=CC(=O)OC2)CC[C@@H]13. The van der Waals surface area contributed by atoms with Crippen molar-refractivity contribution in [1.82, 2.24) is 0 Å². The lowest BCUT2D eigenvalue weighted by Gasteiger charge is -2.63. The number of fused-ring (bicyclic) bond motifs is 1. The van der Waals surface area contributed by atoms with Crippen LogP contribution in [-0.2, 0) is 19.0 Å². The van der Waals surface area contributed by atoms with E-state index >= 15 is 0 Å². The summed E-state index contributed by atoms with van der Waals surface area (Å²) in [4.78, 5) is 11.7. The summed E-state index contributed by atoms with van der Waals surface area (Å²) in [6.07, 6.45) is 8.47. The first-order valence-corrected chi connectivity index (χ1v) is 11.8. The first kappa shape index (κ1) is 19.7. The highest BCUT2D eigenvalue weighted by Crippen LogP contribution is 2.76. The van der Waals surface area contributed by atoms with Crippen molar-refractivity contribution in [2.75, 3.05) is 13.7 Å². The van der Waals surface area contributed by atoms with Crippen LogP contribution in [0, 0.1) is 28.6 Å². The van der Waals surface area contributed by atoms with Crippen molar-refractivity contribution in [3.8, 4) is 0 Å². The molecule has 2 heterocycles. The summed E-state index contributed by atoms with van der Waals surface area (Å²) in [7, 11) is 1.71. The van der Waals surface area contributed by atoms with Gasteiger partial charge in [0.05, 0.1) is 22.7 Å². The second-order valence-electron chi connectivity index (χ2n) is 11.2. The van der Waals surface area contributed by atoms with Gasteiger partial charge in [-0.25, -0.2) is 4.79 Å². The highest BCUT2D eigenvalue weighted by molar-refractivity contribution is 5.85. The molecule has 6 aliphatic rings. The zero-order valence-electron chi connectivity index (χ0n) is 18.1. The number of cyclic esters (lactones) is 1. The van der Waals surface area contributed by atoms with Gasteiger partial charge >= 0.3 is 5.97 Å². The number of hydrogen-bond donors (Lipinski definition) is 2. The summed E-state index contributed by atoms with van der Waals surface area (Å²) >= 11 is 0. The zero-order valence-corrected chi connectivity index (χ0v) is 18.1. The standard InChI is InChI=1S/C24H34O6/c1-21-7-6-18-23-8-5-15(25)12-22(23,27)9-10-24(18,30-20(23)28-2)17(21)4-3-16(21)14-11-19(26)29-13-14/h11,15-18,20,25,27H,3-10,12-13H2,1-2H3/t15-,16-,17-,18-,20-,21-,22+,23-,24-/m0/s1. The van der Waals surface area contributed by atoms with Crippen molar-refractivity contribution in [2.45, 2.75) is 88.3 Å². The monoisotopic (exact) mass is 418 g/mol. The van der Waals surface area contributed by atoms with Gasteiger partial charge in [-0.1, -0.05) is 6.92 Å². The van der Waals surface area contributed by atoms with E-state index in [1.54, 1.807) is 13.2 Å². The van der Waals surface area contributed by atoms with Gasteiger partial charge in [0.15, 0.2) is 6.29 Å². The van der Waals surface area contributed by atoms with Crippen molar-refractivity contribution >= 4 is 5.97 Å². The number of esters is 1. The molecule has 0 aromatic heterocycles. The fourth-order valence-corrected chi connectivity index (χ4v) is 9.41. The Kier molecular flexibility index (Phi) is 4.00. The van der Waals surface area contributed by atoms with Crippen LogP contribution in [0.15, 0.2) is 11.6 Å². The first-order chi connectivity index (χ1) is 14.3. The quantitative estimate of drug-likeness (QED) is 0.671. The van der Waals surface area contributed by atoms with Gasteiger partial charge in [0.25, 0.3) is 0 Å². The summed E-state index contributed by atoms with van der Waals surface area (Å²) in [5.74, 6) is 0.801. The lowest BCUT2D eigenvalue weighted by molar-refractivity contribution is -0.239. The molecule has 6 nitrogen and oxygen atoms in total. The van der Waals surface area contributed by atoms with Crippen LogP contribution in [0.1, 0.15) is 64.7 Å². The molecular formula is C24H34O6. The molecule has 6 rings (SSSR count). The zero-order chi connectivity index (χ0) is 20.9. The van der Waals surface area contributed by atoms with Crippen LogP contribution in [-0.4, -0.2) is 53.5 Å². The summed E-state index contributed by atoms with van der Waals surface area (Å²) in [5.41, 5.74) is -0.394. The average Bonchev–Trinajstić information content (AvgIpc) is 3.34. The van der Waals surface area contributed by atoms with Gasteiger partial charge < -0.3 is 24.4 Å². The van der Waals surface area contributed by atoms with E-state index in [1.807, 2.05) is 0 Å². The summed E-state index contributed by atoms with van der Waals surface area (Å²) < 4.78 is 18.1. The second kappa shape index (κ2) is 6.09. The number of methoxy groups -OCH3 is 1. The van der Waals surface area contributed by atoms with E-state index in [-0.39, 0.29) is 22.9 Å². The minimum absolute atomic E-state index is 0.0732. The minimum Gasteiger partial charge on any atom is -0.458 e. The Morgan fingerprint density at radius 2 is 1.93 bits per heavy atom. The van der Waals surface area contributed by atoms with Crippen molar-refractivity contribution in [3.05, 3.63) is 11.6 Å². The second-order valence-corrected chi connectivity index (χ2v) is 11.2. The van der Waals surface area contributed by atoms with Crippen molar-refractivity contribution in [2.24, 2.45) is 28.6 Å². The molecule has 166 valence electrons. The average molecular weight is 419 g/mol. The Morgan fingerprint density at radius 3 is 2.67 bits per heavy atom. The molecule has 2 bridgehead atoms. The maximum atomic E-state index is 11.9. The molecule has 1 spiro atoms. The van der Waals surface area contributed by atoms with Gasteiger partial charge in [-0.2, -0.15) is 0 Å². The number of ether oxygens (including phenoxy) is 3. The highest BCUT2D eigenvalue weighted by atomic mass is 16.7. The third-order valence-electron chi connectivity index (χ3n) is 10.5. The van der Waals surface area contributed by atoms with E-state index in [0.717, 1.165) is 44.1 Å². The van der Waals surface area contributed by atoms with Gasteiger partial charge in [-0.15, -0.1) is 0 Å². The topological polar surface area (TPSA) is 85.2 Å². The molecular weight excluding hydrogens is 384 g/mol. The number of hydrogen-bond acceptors (Lipinski definition) is 6. The molecule has 0 aromatic rings. The smallest absolute Gasteiger partial charge is 0.331 e. The Morgan fingerprint density at radius 1 is 1.10 bits per heavy atom. The Hall–Kier alpha value is -0.950. The Bertz CT molecular complexity index is 810. The number of aliphatic hydroxyl groups is 2. The Labute approximate surface area is 177 Å². The molecule has 0 unspecified atom stereocenters. The number of carbonyl (C=O) groups excluding carboxylic acids is 1. The summed E-state index contributed by atoms with van der Waals surface area (Å²) in [6, 6.07) is 0. The lowest BCUT2D eigenvalue weighted by Crippen LogP contribution is -2.67. The first-order valence-electron chi connectivity index (χ1n) is 11.8. The predicted molar refractivity (Wildman–Crippen MR) is 107 cm³/mol. The van der Waals surface area contributed by atoms with Crippen molar-refractivity contribution in [3.63, 3.8) is 0 Å². The van der Waals surface area contributed by atoms with E-state index in [0.29, 0.717) is 37.7 Å². The van der Waals surface area contributed by atoms with Gasteiger partial charge in [-0.05, 0) is 74.2 Å². The molecule has 1 saturated heterocycles. The van der Waals surface area contributed by atoms with Crippen LogP contribution >= 0.6 is 0 Å². The van der Waals surface area contributed by atoms with E-state index in [9.17, 15) is 15.0 Å². The Balaban J connectivity index is 1.42. The van der Waals surface area contributed by atoms with E-state index in [4.69, 9.17) is 14.2 Å². The largest absolute Gasteiger partial charge is 0.458 e. The lowest BCUT2D eigenvalue weighted by atomic mass is 9.42. The van der Waals surface area contributed by atoms with Crippen molar-refractivity contribution in [1.29, 1.82) is 0 Å². The molecule has 6 heteroatoms. The van der Waals surface area contributed by atoms with Gasteiger partial charge in [0.2, 0.25) is 0 Å². The number of carbonyl (C=O) groups is 1. The number of rotatable bonds is 2. The molecule has 0 amide bonds. The molecule has 2 N–H and O–H groups in total. The maximum absolute atomic E-state index is 11.9. The summed E-state index contributed by atoms with van der Waals surface area (Å²) in [6.45, 7) is 2.83. The third-order valence-corrected chi connectivity index (χ3v) is 10.5. The van der Waals surface area contributed by atoms with Crippen LogP contribution in [0.4, 0.5) is 0 Å². The molecule has 0 aromatic carbocycles. The fraction of sp³-hybridized carbons (Fsp3) is 0.875. The molecule has 0 radical (unpaired) electrons. The third kappa shape index (κ3) is 2.12. The van der Waals surface area contributed by atoms with Crippen molar-refractivity contribution < 1.29 is 29.2 Å². The highest BCUT2D eigenvalue weighted by Gasteiger charge is 2.79. The fourth-order valence-electron chi connectivity index (χ4n) is 9.41.